The van der Waals surface area contributed by atoms with Crippen LogP contribution in [0.2, 0.25) is 5.02 Å². The van der Waals surface area contributed by atoms with E-state index in [9.17, 15) is 18.0 Å². The van der Waals surface area contributed by atoms with Crippen LogP contribution >= 0.6 is 11.6 Å². The van der Waals surface area contributed by atoms with Crippen LogP contribution in [0.3, 0.4) is 0 Å². The van der Waals surface area contributed by atoms with Gasteiger partial charge in [-0.15, -0.1) is 0 Å². The minimum Gasteiger partial charge on any atom is -0.481 e. The van der Waals surface area contributed by atoms with Gasteiger partial charge in [-0.05, 0) is 17.7 Å². The molecule has 0 fully saturated rings. The maximum absolute atomic E-state index is 12.6. The van der Waals surface area contributed by atoms with Crippen molar-refractivity contribution in [3.63, 3.8) is 0 Å². The van der Waals surface area contributed by atoms with Crippen molar-refractivity contribution in [2.45, 2.75) is 12.6 Å². The highest BCUT2D eigenvalue weighted by molar-refractivity contribution is 6.30. The third kappa shape index (κ3) is 4.11. The molecule has 1 aromatic carbocycles. The minimum atomic E-state index is -4.52. The Labute approximate surface area is 100 Å². The summed E-state index contributed by atoms with van der Waals surface area (Å²) in [5, 5.41) is 8.35. The van der Waals surface area contributed by atoms with Gasteiger partial charge in [0.25, 0.3) is 0 Å². The van der Waals surface area contributed by atoms with E-state index in [-0.39, 0.29) is 17.0 Å². The first-order valence-corrected chi connectivity index (χ1v) is 4.93. The fourth-order valence-corrected chi connectivity index (χ4v) is 1.38. The molecule has 0 aromatic heterocycles. The molecule has 0 unspecified atom stereocenters. The second-order valence-corrected chi connectivity index (χ2v) is 3.67. The molecule has 0 amide bonds. The molecular formula is C11H8ClF3O2. The Hall–Kier alpha value is -1.49. The molecule has 0 saturated heterocycles. The van der Waals surface area contributed by atoms with Gasteiger partial charge in [0.05, 0.1) is 12.0 Å². The van der Waals surface area contributed by atoms with Crippen LogP contribution in [0.25, 0.3) is 6.08 Å². The van der Waals surface area contributed by atoms with E-state index in [1.54, 1.807) is 0 Å². The Kier molecular flexibility index (Phi) is 4.17. The van der Waals surface area contributed by atoms with Crippen molar-refractivity contribution in [3.8, 4) is 0 Å². The molecule has 0 saturated carbocycles. The largest absolute Gasteiger partial charge is 0.481 e. The number of hydrogen-bond acceptors (Lipinski definition) is 1. The van der Waals surface area contributed by atoms with Crippen LogP contribution in [0.5, 0.6) is 0 Å². The number of rotatable bonds is 3. The van der Waals surface area contributed by atoms with E-state index in [1.807, 2.05) is 0 Å². The standard InChI is InChI=1S/C11H8ClF3O2/c12-8-5-4-7(2-1-3-10(16)17)9(6-8)11(13,14)15/h1-2,4-6H,3H2,(H,16,17). The highest BCUT2D eigenvalue weighted by Gasteiger charge is 2.32. The molecule has 0 spiro atoms. The van der Waals surface area contributed by atoms with Crippen LogP contribution in [-0.4, -0.2) is 11.1 Å². The Morgan fingerprint density at radius 2 is 2.06 bits per heavy atom. The molecule has 92 valence electrons. The maximum atomic E-state index is 12.6. The average Bonchev–Trinajstić information content (AvgIpc) is 2.18. The van der Waals surface area contributed by atoms with Gasteiger partial charge in [0.1, 0.15) is 0 Å². The van der Waals surface area contributed by atoms with Crippen LogP contribution in [0.1, 0.15) is 17.5 Å². The number of benzene rings is 1. The maximum Gasteiger partial charge on any atom is 0.417 e. The molecule has 1 aromatic rings. The number of alkyl halides is 3. The zero-order valence-corrected chi connectivity index (χ0v) is 9.22. The normalized spacial score (nSPS) is 12.0. The van der Waals surface area contributed by atoms with Crippen molar-refractivity contribution >= 4 is 23.6 Å². The van der Waals surface area contributed by atoms with Crippen molar-refractivity contribution in [2.24, 2.45) is 0 Å². The number of aliphatic carboxylic acids is 1. The highest BCUT2D eigenvalue weighted by atomic mass is 35.5. The number of carboxylic acids is 1. The third-order valence-electron chi connectivity index (χ3n) is 1.91. The van der Waals surface area contributed by atoms with Crippen molar-refractivity contribution in [1.82, 2.24) is 0 Å². The van der Waals surface area contributed by atoms with Gasteiger partial charge in [0.2, 0.25) is 0 Å². The molecule has 0 radical (unpaired) electrons. The number of carboxylic acid groups (broad SMARTS) is 1. The van der Waals surface area contributed by atoms with Crippen LogP contribution in [-0.2, 0) is 11.0 Å². The fourth-order valence-electron chi connectivity index (χ4n) is 1.21. The minimum absolute atomic E-state index is 0.0206. The smallest absolute Gasteiger partial charge is 0.417 e. The van der Waals surface area contributed by atoms with Gasteiger partial charge >= 0.3 is 12.1 Å². The Morgan fingerprint density at radius 1 is 1.41 bits per heavy atom. The van der Waals surface area contributed by atoms with Crippen molar-refractivity contribution in [2.75, 3.05) is 0 Å². The zero-order chi connectivity index (χ0) is 13.1. The van der Waals surface area contributed by atoms with Crippen LogP contribution in [0.15, 0.2) is 24.3 Å². The highest BCUT2D eigenvalue weighted by Crippen LogP contribution is 2.34. The van der Waals surface area contributed by atoms with Gasteiger partial charge in [0.15, 0.2) is 0 Å². The first-order valence-electron chi connectivity index (χ1n) is 4.56. The lowest BCUT2D eigenvalue weighted by atomic mass is 10.1. The van der Waals surface area contributed by atoms with Crippen LogP contribution in [0.4, 0.5) is 13.2 Å². The molecule has 0 aliphatic heterocycles. The molecule has 0 heterocycles. The van der Waals surface area contributed by atoms with Gasteiger partial charge in [0, 0.05) is 5.02 Å². The predicted octanol–water partition coefficient (Wildman–Crippen LogP) is 3.85. The number of hydrogen-bond donors (Lipinski definition) is 1. The lowest BCUT2D eigenvalue weighted by Gasteiger charge is -2.10. The van der Waals surface area contributed by atoms with Crippen molar-refractivity contribution in [3.05, 3.63) is 40.4 Å². The SMILES string of the molecule is O=C(O)CC=Cc1ccc(Cl)cc1C(F)(F)F. The first kappa shape index (κ1) is 13.6. The summed E-state index contributed by atoms with van der Waals surface area (Å²) in [6.07, 6.45) is -2.58. The zero-order valence-electron chi connectivity index (χ0n) is 8.46. The molecule has 0 bridgehead atoms. The van der Waals surface area contributed by atoms with E-state index >= 15 is 0 Å². The monoisotopic (exact) mass is 264 g/mol. The summed E-state index contributed by atoms with van der Waals surface area (Å²) >= 11 is 5.49. The van der Waals surface area contributed by atoms with E-state index in [1.165, 1.54) is 12.1 Å². The van der Waals surface area contributed by atoms with Crippen molar-refractivity contribution in [1.29, 1.82) is 0 Å². The molecule has 0 atom stereocenters. The van der Waals surface area contributed by atoms with E-state index in [2.05, 4.69) is 0 Å². The van der Waals surface area contributed by atoms with Gasteiger partial charge < -0.3 is 5.11 Å². The lowest BCUT2D eigenvalue weighted by molar-refractivity contribution is -0.138. The average molecular weight is 265 g/mol. The summed E-state index contributed by atoms with van der Waals surface area (Å²) in [6.45, 7) is 0. The number of carbonyl (C=O) groups is 1. The summed E-state index contributed by atoms with van der Waals surface area (Å²) in [5.74, 6) is -1.11. The third-order valence-corrected chi connectivity index (χ3v) is 2.15. The molecule has 6 heteroatoms. The fraction of sp³-hybridized carbons (Fsp3) is 0.182. The summed E-state index contributed by atoms with van der Waals surface area (Å²) in [7, 11) is 0. The second kappa shape index (κ2) is 5.23. The van der Waals surface area contributed by atoms with Gasteiger partial charge in [-0.2, -0.15) is 13.2 Å². The van der Waals surface area contributed by atoms with E-state index in [0.29, 0.717) is 0 Å². The second-order valence-electron chi connectivity index (χ2n) is 3.23. The van der Waals surface area contributed by atoms with Crippen molar-refractivity contribution < 1.29 is 23.1 Å². The molecule has 17 heavy (non-hydrogen) atoms. The summed E-state index contributed by atoms with van der Waals surface area (Å²) in [6, 6.07) is 3.32. The van der Waals surface area contributed by atoms with Gasteiger partial charge in [-0.3, -0.25) is 4.79 Å². The first-order chi connectivity index (χ1) is 7.80. The Bertz CT molecular complexity index is 453. The Balaban J connectivity index is 3.07. The summed E-state index contributed by atoms with van der Waals surface area (Å²) < 4.78 is 37.8. The molecule has 0 aliphatic carbocycles. The summed E-state index contributed by atoms with van der Waals surface area (Å²) in [4.78, 5) is 10.2. The number of halogens is 4. The topological polar surface area (TPSA) is 37.3 Å². The lowest BCUT2D eigenvalue weighted by Crippen LogP contribution is -2.07. The quantitative estimate of drug-likeness (QED) is 0.900. The molecule has 0 aliphatic rings. The predicted molar refractivity (Wildman–Crippen MR) is 57.7 cm³/mol. The van der Waals surface area contributed by atoms with Gasteiger partial charge in [-0.25, -0.2) is 0 Å². The molecule has 1 rings (SSSR count). The van der Waals surface area contributed by atoms with Crippen LogP contribution in [0, 0.1) is 0 Å². The van der Waals surface area contributed by atoms with E-state index in [4.69, 9.17) is 16.7 Å². The molecular weight excluding hydrogens is 257 g/mol. The van der Waals surface area contributed by atoms with Crippen LogP contribution < -0.4 is 0 Å². The molecule has 2 nitrogen and oxygen atoms in total. The van der Waals surface area contributed by atoms with Gasteiger partial charge in [-0.1, -0.05) is 29.8 Å². The Morgan fingerprint density at radius 3 is 2.59 bits per heavy atom. The van der Waals surface area contributed by atoms with E-state index in [0.717, 1.165) is 18.2 Å². The molecule has 1 N–H and O–H groups in total. The summed E-state index contributed by atoms with van der Waals surface area (Å²) in [5.41, 5.74) is -0.991. The van der Waals surface area contributed by atoms with E-state index < -0.39 is 17.7 Å².